The van der Waals surface area contributed by atoms with Crippen LogP contribution in [0.2, 0.25) is 0 Å². The number of imidazole rings is 1. The first-order valence-electron chi connectivity index (χ1n) is 14.4. The number of nitrogens with zero attached hydrogens (tertiary/aromatic N) is 7. The Bertz CT molecular complexity index is 2030. The van der Waals surface area contributed by atoms with E-state index in [1.54, 1.807) is 31.2 Å². The Morgan fingerprint density at radius 2 is 1.59 bits per heavy atom. The molecule has 11 heteroatoms. The van der Waals surface area contributed by atoms with Crippen LogP contribution in [0.25, 0.3) is 39.4 Å². The Hall–Kier alpha value is -5.16. The van der Waals surface area contributed by atoms with E-state index in [9.17, 15) is 9.59 Å². The third-order valence-electron chi connectivity index (χ3n) is 7.60. The number of H-pyrrole nitrogens is 1. The van der Waals surface area contributed by atoms with E-state index in [0.717, 1.165) is 28.1 Å². The van der Waals surface area contributed by atoms with Crippen LogP contribution >= 0.6 is 0 Å². The zero-order valence-corrected chi connectivity index (χ0v) is 25.4. The lowest BCUT2D eigenvalue weighted by Gasteiger charge is -2.19. The Kier molecular flexibility index (Phi) is 7.56. The second kappa shape index (κ2) is 11.5. The van der Waals surface area contributed by atoms with Crippen molar-refractivity contribution in [2.45, 2.75) is 46.9 Å². The van der Waals surface area contributed by atoms with Gasteiger partial charge in [0.2, 0.25) is 0 Å². The predicted octanol–water partition coefficient (Wildman–Crippen LogP) is 5.00. The number of rotatable bonds is 8. The normalized spacial score (nSPS) is 12.6. The third-order valence-corrected chi connectivity index (χ3v) is 7.60. The summed E-state index contributed by atoms with van der Waals surface area (Å²) in [6.07, 6.45) is -0.0519. The van der Waals surface area contributed by atoms with Gasteiger partial charge >= 0.3 is 5.69 Å². The van der Waals surface area contributed by atoms with E-state index < -0.39 is 17.5 Å². The molecular weight excluding hydrogens is 556 g/mol. The van der Waals surface area contributed by atoms with Crippen molar-refractivity contribution in [1.29, 1.82) is 0 Å². The molecule has 0 aliphatic rings. The second-order valence-electron chi connectivity index (χ2n) is 12.0. The standard InChI is InChI=1S/C33H34N8O3/c1-21(44-5)40-30-28(31(42)41(32(40)43)24-11-7-6-8-12-24)39(27(34-30)19-33(2,3)4)20-22-15-17-23(18-16-22)25-13-9-10-14-26(25)29-35-37-38-36-29/h6-18,21H,19-20H2,1-5H3,(H,35,36,37,38). The Balaban J connectivity index is 1.52. The predicted molar refractivity (Wildman–Crippen MR) is 169 cm³/mol. The van der Waals surface area contributed by atoms with Crippen molar-refractivity contribution in [3.8, 4) is 28.2 Å². The SMILES string of the molecule is COC(C)n1c(=O)n(-c2ccccc2)c(=O)c2c1nc(CC(C)(C)C)n2Cc1ccc(-c2ccccc2-c2nnn[nH]2)cc1. The van der Waals surface area contributed by atoms with Gasteiger partial charge in [0, 0.05) is 25.6 Å². The number of hydrogen-bond donors (Lipinski definition) is 1. The molecule has 3 aromatic carbocycles. The molecule has 6 rings (SSSR count). The highest BCUT2D eigenvalue weighted by Crippen LogP contribution is 2.30. The quantitative estimate of drug-likeness (QED) is 0.265. The van der Waals surface area contributed by atoms with E-state index in [4.69, 9.17) is 9.72 Å². The van der Waals surface area contributed by atoms with Crippen LogP contribution in [0.1, 0.15) is 45.3 Å². The van der Waals surface area contributed by atoms with Crippen LogP contribution in [-0.4, -0.2) is 46.4 Å². The number of aromatic nitrogens is 8. The summed E-state index contributed by atoms with van der Waals surface area (Å²) in [5, 5.41) is 14.4. The summed E-state index contributed by atoms with van der Waals surface area (Å²) in [4.78, 5) is 33.0. The fourth-order valence-corrected chi connectivity index (χ4v) is 5.46. The smallest absolute Gasteiger partial charge is 0.339 e. The largest absolute Gasteiger partial charge is 0.361 e. The van der Waals surface area contributed by atoms with Crippen LogP contribution in [0, 0.1) is 5.41 Å². The number of aromatic amines is 1. The van der Waals surface area contributed by atoms with Crippen molar-refractivity contribution in [3.05, 3.63) is 111 Å². The van der Waals surface area contributed by atoms with Crippen molar-refractivity contribution < 1.29 is 4.74 Å². The molecule has 0 aliphatic carbocycles. The Morgan fingerprint density at radius 3 is 2.23 bits per heavy atom. The highest BCUT2D eigenvalue weighted by Gasteiger charge is 2.26. The number of methoxy groups -OCH3 is 1. The van der Waals surface area contributed by atoms with E-state index in [-0.39, 0.29) is 5.41 Å². The van der Waals surface area contributed by atoms with E-state index in [1.165, 1.54) is 16.2 Å². The highest BCUT2D eigenvalue weighted by atomic mass is 16.5. The first kappa shape index (κ1) is 28.9. The van der Waals surface area contributed by atoms with Crippen LogP contribution < -0.4 is 11.2 Å². The number of benzene rings is 3. The average Bonchev–Trinajstić information content (AvgIpc) is 3.66. The number of ether oxygens (including phenoxy) is 1. The molecule has 3 heterocycles. The van der Waals surface area contributed by atoms with Gasteiger partial charge in [0.1, 0.15) is 12.1 Å². The summed E-state index contributed by atoms with van der Waals surface area (Å²) in [6, 6.07) is 25.1. The lowest BCUT2D eigenvalue weighted by molar-refractivity contribution is 0.0591. The summed E-state index contributed by atoms with van der Waals surface area (Å²) >= 11 is 0. The minimum atomic E-state index is -0.648. The summed E-state index contributed by atoms with van der Waals surface area (Å²) in [7, 11) is 1.53. The molecule has 1 atom stereocenters. The van der Waals surface area contributed by atoms with Gasteiger partial charge in [0.05, 0.1) is 5.69 Å². The molecule has 44 heavy (non-hydrogen) atoms. The van der Waals surface area contributed by atoms with Gasteiger partial charge in [0.15, 0.2) is 17.0 Å². The molecule has 1 unspecified atom stereocenters. The van der Waals surface area contributed by atoms with Crippen molar-refractivity contribution in [3.63, 3.8) is 0 Å². The average molecular weight is 591 g/mol. The minimum absolute atomic E-state index is 0.126. The Labute approximate surface area is 253 Å². The van der Waals surface area contributed by atoms with Gasteiger partial charge < -0.3 is 9.30 Å². The maximum Gasteiger partial charge on any atom is 0.339 e. The Morgan fingerprint density at radius 1 is 0.909 bits per heavy atom. The van der Waals surface area contributed by atoms with E-state index in [1.807, 2.05) is 59.2 Å². The fraction of sp³-hybridized carbons (Fsp3) is 0.273. The van der Waals surface area contributed by atoms with Crippen molar-refractivity contribution in [1.82, 2.24) is 39.3 Å². The molecule has 0 aliphatic heterocycles. The molecule has 0 amide bonds. The zero-order chi connectivity index (χ0) is 31.0. The summed E-state index contributed by atoms with van der Waals surface area (Å²) in [5.74, 6) is 1.31. The third kappa shape index (κ3) is 5.37. The molecule has 3 aromatic heterocycles. The molecule has 0 saturated heterocycles. The molecule has 0 radical (unpaired) electrons. The second-order valence-corrected chi connectivity index (χ2v) is 12.0. The van der Waals surface area contributed by atoms with E-state index >= 15 is 0 Å². The zero-order valence-electron chi connectivity index (χ0n) is 25.4. The molecule has 0 saturated carbocycles. The topological polar surface area (TPSA) is 126 Å². The first-order valence-corrected chi connectivity index (χ1v) is 14.4. The summed E-state index contributed by atoms with van der Waals surface area (Å²) in [5.41, 5.74) is 3.96. The molecule has 1 N–H and O–H groups in total. The van der Waals surface area contributed by atoms with Gasteiger partial charge in [-0.3, -0.25) is 4.79 Å². The van der Waals surface area contributed by atoms with Gasteiger partial charge in [-0.1, -0.05) is 87.5 Å². The first-order chi connectivity index (χ1) is 21.2. The van der Waals surface area contributed by atoms with Crippen molar-refractivity contribution >= 4 is 11.2 Å². The molecule has 6 aromatic rings. The number of hydrogen-bond acceptors (Lipinski definition) is 7. The number of fused-ring (bicyclic) bond motifs is 1. The maximum absolute atomic E-state index is 14.2. The lowest BCUT2D eigenvalue weighted by atomic mass is 9.92. The number of para-hydroxylation sites is 1. The van der Waals surface area contributed by atoms with Gasteiger partial charge in [-0.05, 0) is 51.6 Å². The van der Waals surface area contributed by atoms with Gasteiger partial charge in [0.25, 0.3) is 5.56 Å². The fourth-order valence-electron chi connectivity index (χ4n) is 5.46. The molecule has 0 spiro atoms. The van der Waals surface area contributed by atoms with Gasteiger partial charge in [-0.2, -0.15) is 0 Å². The van der Waals surface area contributed by atoms with Crippen LogP contribution in [0.5, 0.6) is 0 Å². The van der Waals surface area contributed by atoms with Gasteiger partial charge in [-0.15, -0.1) is 5.10 Å². The highest BCUT2D eigenvalue weighted by molar-refractivity contribution is 5.80. The van der Waals surface area contributed by atoms with Crippen LogP contribution in [-0.2, 0) is 17.7 Å². The van der Waals surface area contributed by atoms with Crippen LogP contribution in [0.3, 0.4) is 0 Å². The lowest BCUT2D eigenvalue weighted by Crippen LogP contribution is -2.41. The number of nitrogens with one attached hydrogen (secondary N) is 1. The van der Waals surface area contributed by atoms with E-state index in [2.05, 4.69) is 41.4 Å². The molecule has 11 nitrogen and oxygen atoms in total. The van der Waals surface area contributed by atoms with Gasteiger partial charge in [-0.25, -0.2) is 24.0 Å². The minimum Gasteiger partial charge on any atom is -0.361 e. The van der Waals surface area contributed by atoms with Crippen molar-refractivity contribution in [2.75, 3.05) is 7.11 Å². The molecular formula is C33H34N8O3. The van der Waals surface area contributed by atoms with Crippen LogP contribution in [0.4, 0.5) is 0 Å². The maximum atomic E-state index is 14.2. The molecule has 224 valence electrons. The van der Waals surface area contributed by atoms with E-state index in [0.29, 0.717) is 35.6 Å². The molecule has 0 bridgehead atoms. The summed E-state index contributed by atoms with van der Waals surface area (Å²) in [6.45, 7) is 8.54. The monoisotopic (exact) mass is 590 g/mol. The number of tetrazole rings is 1. The van der Waals surface area contributed by atoms with Crippen LogP contribution in [0.15, 0.2) is 88.5 Å². The van der Waals surface area contributed by atoms with Crippen molar-refractivity contribution in [2.24, 2.45) is 5.41 Å². The molecule has 0 fully saturated rings. The summed E-state index contributed by atoms with van der Waals surface area (Å²) < 4.78 is 10.2.